The molecule has 0 saturated heterocycles. The predicted octanol–water partition coefficient (Wildman–Crippen LogP) is 3.56. The van der Waals surface area contributed by atoms with Crippen LogP contribution in [0, 0.1) is 0 Å². The molecule has 0 radical (unpaired) electrons. The van der Waals surface area contributed by atoms with Gasteiger partial charge in [0.1, 0.15) is 5.75 Å². The van der Waals surface area contributed by atoms with E-state index in [1.54, 1.807) is 7.11 Å². The van der Waals surface area contributed by atoms with E-state index < -0.39 is 0 Å². The number of benzene rings is 2. The standard InChI is InChI=1S/C21H22N4O2S/c1-14(20(26)25-13-12-15-6-4-5-7-18(15)25)28-21-23-22-19(24(21)2)16-8-10-17(27-3)11-9-16/h4-11,14H,12-13H2,1-3H3/t14-/m1/s1. The Hall–Kier alpha value is -2.80. The second-order valence-corrected chi connectivity index (χ2v) is 8.03. The van der Waals surface area contributed by atoms with Crippen molar-refractivity contribution in [1.29, 1.82) is 0 Å². The Morgan fingerprint density at radius 3 is 2.64 bits per heavy atom. The number of para-hydroxylation sites is 1. The molecule has 1 aromatic heterocycles. The molecule has 0 spiro atoms. The second kappa shape index (κ2) is 7.67. The molecule has 3 aromatic rings. The summed E-state index contributed by atoms with van der Waals surface area (Å²) in [6.07, 6.45) is 0.908. The fraction of sp³-hybridized carbons (Fsp3) is 0.286. The first kappa shape index (κ1) is 18.6. The molecule has 7 heteroatoms. The number of anilines is 1. The number of aromatic nitrogens is 3. The molecule has 0 aliphatic carbocycles. The van der Waals surface area contributed by atoms with E-state index in [-0.39, 0.29) is 11.2 Å². The number of fused-ring (bicyclic) bond motifs is 1. The van der Waals surface area contributed by atoms with Crippen LogP contribution >= 0.6 is 11.8 Å². The van der Waals surface area contributed by atoms with Gasteiger partial charge in [-0.15, -0.1) is 10.2 Å². The summed E-state index contributed by atoms with van der Waals surface area (Å²) >= 11 is 1.44. The van der Waals surface area contributed by atoms with Crippen LogP contribution in [0.15, 0.2) is 53.7 Å². The zero-order chi connectivity index (χ0) is 19.7. The SMILES string of the molecule is COc1ccc(-c2nnc(S[C@H](C)C(=O)N3CCc4ccccc43)n2C)cc1. The number of ether oxygens (including phenoxy) is 1. The summed E-state index contributed by atoms with van der Waals surface area (Å²) in [4.78, 5) is 14.9. The molecule has 2 aromatic carbocycles. The van der Waals surface area contributed by atoms with Gasteiger partial charge in [0, 0.05) is 24.8 Å². The Morgan fingerprint density at radius 2 is 1.89 bits per heavy atom. The van der Waals surface area contributed by atoms with Crippen LogP contribution in [0.1, 0.15) is 12.5 Å². The van der Waals surface area contributed by atoms with Crippen molar-refractivity contribution < 1.29 is 9.53 Å². The van der Waals surface area contributed by atoms with E-state index in [1.807, 2.05) is 65.9 Å². The highest BCUT2D eigenvalue weighted by atomic mass is 32.2. The van der Waals surface area contributed by atoms with Gasteiger partial charge in [-0.25, -0.2) is 0 Å². The van der Waals surface area contributed by atoms with Gasteiger partial charge in [-0.05, 0) is 49.2 Å². The third-order valence-electron chi connectivity index (χ3n) is 4.97. The number of thioether (sulfide) groups is 1. The lowest BCUT2D eigenvalue weighted by molar-refractivity contribution is -0.117. The van der Waals surface area contributed by atoms with Crippen LogP contribution in [0.25, 0.3) is 11.4 Å². The van der Waals surface area contributed by atoms with E-state index in [1.165, 1.54) is 17.3 Å². The summed E-state index contributed by atoms with van der Waals surface area (Å²) in [7, 11) is 3.56. The Balaban J connectivity index is 1.50. The van der Waals surface area contributed by atoms with Gasteiger partial charge in [0.2, 0.25) is 5.91 Å². The van der Waals surface area contributed by atoms with E-state index in [4.69, 9.17) is 4.74 Å². The topological polar surface area (TPSA) is 60.3 Å². The molecule has 144 valence electrons. The highest BCUT2D eigenvalue weighted by molar-refractivity contribution is 8.00. The minimum atomic E-state index is -0.252. The van der Waals surface area contributed by atoms with Crippen LogP contribution in [0.3, 0.4) is 0 Å². The maximum atomic E-state index is 13.0. The van der Waals surface area contributed by atoms with Gasteiger partial charge < -0.3 is 14.2 Å². The first-order chi connectivity index (χ1) is 13.6. The number of carbonyl (C=O) groups is 1. The lowest BCUT2D eigenvalue weighted by Gasteiger charge is -2.21. The van der Waals surface area contributed by atoms with Crippen molar-refractivity contribution in [2.24, 2.45) is 7.05 Å². The van der Waals surface area contributed by atoms with Gasteiger partial charge in [-0.3, -0.25) is 4.79 Å². The molecule has 1 aliphatic rings. The number of nitrogens with zero attached hydrogens (tertiary/aromatic N) is 4. The number of methoxy groups -OCH3 is 1. The van der Waals surface area contributed by atoms with Crippen molar-refractivity contribution in [3.63, 3.8) is 0 Å². The van der Waals surface area contributed by atoms with E-state index >= 15 is 0 Å². The molecule has 0 fully saturated rings. The summed E-state index contributed by atoms with van der Waals surface area (Å²) in [5.41, 5.74) is 3.21. The highest BCUT2D eigenvalue weighted by Gasteiger charge is 2.29. The monoisotopic (exact) mass is 394 g/mol. The smallest absolute Gasteiger partial charge is 0.240 e. The Bertz CT molecular complexity index is 1000. The van der Waals surface area contributed by atoms with Crippen LogP contribution in [-0.2, 0) is 18.3 Å². The summed E-state index contributed by atoms with van der Waals surface area (Å²) < 4.78 is 7.13. The molecule has 1 amide bonds. The van der Waals surface area contributed by atoms with E-state index in [9.17, 15) is 4.79 Å². The molecule has 0 bridgehead atoms. The van der Waals surface area contributed by atoms with Crippen molar-refractivity contribution in [3.8, 4) is 17.1 Å². The van der Waals surface area contributed by atoms with Crippen molar-refractivity contribution in [3.05, 3.63) is 54.1 Å². The van der Waals surface area contributed by atoms with Crippen LogP contribution in [0.2, 0.25) is 0 Å². The molecule has 0 unspecified atom stereocenters. The molecule has 0 saturated carbocycles. The summed E-state index contributed by atoms with van der Waals surface area (Å²) in [6, 6.07) is 15.8. The van der Waals surface area contributed by atoms with E-state index in [0.717, 1.165) is 40.9 Å². The lowest BCUT2D eigenvalue weighted by atomic mass is 10.2. The van der Waals surface area contributed by atoms with Gasteiger partial charge >= 0.3 is 0 Å². The van der Waals surface area contributed by atoms with Gasteiger partial charge in [-0.2, -0.15) is 0 Å². The highest BCUT2D eigenvalue weighted by Crippen LogP contribution is 2.32. The van der Waals surface area contributed by atoms with Gasteiger partial charge in [-0.1, -0.05) is 30.0 Å². The van der Waals surface area contributed by atoms with E-state index in [0.29, 0.717) is 0 Å². The Kier molecular flexibility index (Phi) is 5.09. The zero-order valence-corrected chi connectivity index (χ0v) is 16.9. The van der Waals surface area contributed by atoms with Gasteiger partial charge in [0.05, 0.1) is 12.4 Å². The predicted molar refractivity (Wildman–Crippen MR) is 111 cm³/mol. The zero-order valence-electron chi connectivity index (χ0n) is 16.1. The molecule has 6 nitrogen and oxygen atoms in total. The van der Waals surface area contributed by atoms with Crippen molar-refractivity contribution in [2.75, 3.05) is 18.6 Å². The fourth-order valence-electron chi connectivity index (χ4n) is 3.40. The van der Waals surface area contributed by atoms with Crippen LogP contribution < -0.4 is 9.64 Å². The molecule has 1 aliphatic heterocycles. The third kappa shape index (κ3) is 3.38. The third-order valence-corrected chi connectivity index (χ3v) is 6.09. The average Bonchev–Trinajstić information content (AvgIpc) is 3.31. The number of carbonyl (C=O) groups excluding carboxylic acids is 1. The first-order valence-electron chi connectivity index (χ1n) is 9.18. The quantitative estimate of drug-likeness (QED) is 0.619. The lowest BCUT2D eigenvalue weighted by Crippen LogP contribution is -2.35. The summed E-state index contributed by atoms with van der Waals surface area (Å²) in [5, 5.41) is 9.09. The molecule has 2 heterocycles. The first-order valence-corrected chi connectivity index (χ1v) is 10.1. The second-order valence-electron chi connectivity index (χ2n) is 6.72. The average molecular weight is 395 g/mol. The van der Waals surface area contributed by atoms with Gasteiger partial charge in [0.15, 0.2) is 11.0 Å². The number of amides is 1. The van der Waals surface area contributed by atoms with Gasteiger partial charge in [0.25, 0.3) is 0 Å². The summed E-state index contributed by atoms with van der Waals surface area (Å²) in [6.45, 7) is 2.66. The normalized spacial score (nSPS) is 14.0. The van der Waals surface area contributed by atoms with Crippen LogP contribution in [0.5, 0.6) is 5.75 Å². The maximum absolute atomic E-state index is 13.0. The van der Waals surface area contributed by atoms with Crippen LogP contribution in [0.4, 0.5) is 5.69 Å². The van der Waals surface area contributed by atoms with Crippen molar-refractivity contribution >= 4 is 23.4 Å². The largest absolute Gasteiger partial charge is 0.497 e. The maximum Gasteiger partial charge on any atom is 0.240 e. The molecule has 28 heavy (non-hydrogen) atoms. The van der Waals surface area contributed by atoms with Crippen molar-refractivity contribution in [1.82, 2.24) is 14.8 Å². The number of hydrogen-bond donors (Lipinski definition) is 0. The number of rotatable bonds is 5. The van der Waals surface area contributed by atoms with Crippen molar-refractivity contribution in [2.45, 2.75) is 23.8 Å². The molecular formula is C21H22N4O2S. The minimum absolute atomic E-state index is 0.101. The molecular weight excluding hydrogens is 372 g/mol. The fourth-order valence-corrected chi connectivity index (χ4v) is 4.28. The van der Waals surface area contributed by atoms with Crippen LogP contribution in [-0.4, -0.2) is 39.6 Å². The Labute approximate surface area is 168 Å². The number of hydrogen-bond acceptors (Lipinski definition) is 5. The molecule has 4 rings (SSSR count). The Morgan fingerprint density at radius 1 is 1.14 bits per heavy atom. The molecule has 1 atom stereocenters. The minimum Gasteiger partial charge on any atom is -0.497 e. The summed E-state index contributed by atoms with van der Waals surface area (Å²) in [5.74, 6) is 1.66. The molecule has 0 N–H and O–H groups in total. The van der Waals surface area contributed by atoms with E-state index in [2.05, 4.69) is 16.3 Å².